The van der Waals surface area contributed by atoms with Crippen LogP contribution < -0.4 is 4.74 Å². The van der Waals surface area contributed by atoms with Crippen molar-refractivity contribution in [2.24, 2.45) is 0 Å². The second-order valence-electron chi connectivity index (χ2n) is 7.89. The molecule has 0 spiro atoms. The fraction of sp³-hybridized carbons (Fsp3) is 0.435. The third kappa shape index (κ3) is 4.43. The smallest absolute Gasteiger partial charge is 0.254 e. The maximum atomic E-state index is 14.0. The van der Waals surface area contributed by atoms with Gasteiger partial charge in [-0.2, -0.15) is 0 Å². The van der Waals surface area contributed by atoms with Crippen molar-refractivity contribution >= 4 is 5.91 Å². The molecule has 154 valence electrons. The Kier molecular flexibility index (Phi) is 5.83. The van der Waals surface area contributed by atoms with Crippen molar-refractivity contribution in [2.75, 3.05) is 32.9 Å². The van der Waals surface area contributed by atoms with Gasteiger partial charge in [-0.3, -0.25) is 9.69 Å². The molecule has 2 aliphatic rings. The molecule has 0 aromatic heterocycles. The highest BCUT2D eigenvalue weighted by atomic mass is 19.1. The van der Waals surface area contributed by atoms with Crippen LogP contribution in [-0.4, -0.2) is 54.7 Å². The molecule has 2 aromatic carbocycles. The van der Waals surface area contributed by atoms with E-state index in [9.17, 15) is 9.18 Å². The Morgan fingerprint density at radius 2 is 1.97 bits per heavy atom. The van der Waals surface area contributed by atoms with E-state index < -0.39 is 0 Å². The number of carbonyl (C=O) groups is 1. The van der Waals surface area contributed by atoms with Crippen LogP contribution in [0.4, 0.5) is 4.39 Å². The lowest BCUT2D eigenvalue weighted by molar-refractivity contribution is 0.0341. The monoisotopic (exact) mass is 398 g/mol. The van der Waals surface area contributed by atoms with Crippen molar-refractivity contribution in [1.29, 1.82) is 0 Å². The molecule has 29 heavy (non-hydrogen) atoms. The molecule has 4 rings (SSSR count). The Morgan fingerprint density at radius 1 is 1.17 bits per heavy atom. The normalized spacial score (nSPS) is 20.0. The van der Waals surface area contributed by atoms with Crippen molar-refractivity contribution in [3.63, 3.8) is 0 Å². The molecule has 0 unspecified atom stereocenters. The van der Waals surface area contributed by atoms with Gasteiger partial charge in [-0.15, -0.1) is 0 Å². The van der Waals surface area contributed by atoms with Crippen molar-refractivity contribution in [3.8, 4) is 5.75 Å². The van der Waals surface area contributed by atoms with Crippen molar-refractivity contribution in [3.05, 3.63) is 64.5 Å². The van der Waals surface area contributed by atoms with Crippen LogP contribution in [0.2, 0.25) is 0 Å². The average Bonchev–Trinajstić information content (AvgIpc) is 2.89. The summed E-state index contributed by atoms with van der Waals surface area (Å²) in [6.45, 7) is 8.74. The molecule has 5 nitrogen and oxygen atoms in total. The maximum Gasteiger partial charge on any atom is 0.254 e. The number of carbonyl (C=O) groups excluding carboxylic acids is 1. The van der Waals surface area contributed by atoms with Gasteiger partial charge in [0.05, 0.1) is 25.8 Å². The van der Waals surface area contributed by atoms with Crippen molar-refractivity contribution in [2.45, 2.75) is 33.0 Å². The number of halogens is 1. The first kappa shape index (κ1) is 19.9. The first-order chi connectivity index (χ1) is 14.0. The lowest BCUT2D eigenvalue weighted by Crippen LogP contribution is -2.39. The molecular formula is C23H27FN2O3. The van der Waals surface area contributed by atoms with Crippen LogP contribution in [0.15, 0.2) is 36.4 Å². The van der Waals surface area contributed by atoms with Gasteiger partial charge in [-0.1, -0.05) is 12.1 Å². The summed E-state index contributed by atoms with van der Waals surface area (Å²) in [5.41, 5.74) is 3.08. The Balaban J connectivity index is 1.56. The van der Waals surface area contributed by atoms with Gasteiger partial charge in [0.25, 0.3) is 5.91 Å². The van der Waals surface area contributed by atoms with Crippen LogP contribution in [0.3, 0.4) is 0 Å². The van der Waals surface area contributed by atoms with E-state index in [0.717, 1.165) is 44.2 Å². The molecule has 2 aliphatic heterocycles. The average molecular weight is 398 g/mol. The number of nitrogens with zero attached hydrogens (tertiary/aromatic N) is 2. The number of aryl methyl sites for hydroxylation is 1. The summed E-state index contributed by atoms with van der Waals surface area (Å²) in [6, 6.07) is 10.8. The fourth-order valence-electron chi connectivity index (χ4n) is 3.82. The lowest BCUT2D eigenvalue weighted by atomic mass is 10.1. The quantitative estimate of drug-likeness (QED) is 0.795. The topological polar surface area (TPSA) is 42.0 Å². The SMILES string of the molecule is Cc1ccc(C(=O)N2Cc3cc(CN4CCOCC4)ccc3OC[C@@H]2C)cc1F. The third-order valence-electron chi connectivity index (χ3n) is 5.67. The van der Waals surface area contributed by atoms with E-state index in [-0.39, 0.29) is 17.8 Å². The minimum absolute atomic E-state index is 0.109. The molecule has 2 aromatic rings. The molecular weight excluding hydrogens is 371 g/mol. The van der Waals surface area contributed by atoms with Crippen molar-refractivity contribution in [1.82, 2.24) is 9.80 Å². The van der Waals surface area contributed by atoms with Gasteiger partial charge < -0.3 is 14.4 Å². The van der Waals surface area contributed by atoms with E-state index in [1.165, 1.54) is 11.6 Å². The summed E-state index contributed by atoms with van der Waals surface area (Å²) >= 11 is 0. The number of amides is 1. The molecule has 1 fully saturated rings. The van der Waals surface area contributed by atoms with Crippen LogP contribution in [0, 0.1) is 12.7 Å². The molecule has 0 saturated carbocycles. The minimum Gasteiger partial charge on any atom is -0.491 e. The number of hydrogen-bond donors (Lipinski definition) is 0. The predicted octanol–water partition coefficient (Wildman–Crippen LogP) is 3.39. The molecule has 1 saturated heterocycles. The fourth-order valence-corrected chi connectivity index (χ4v) is 3.82. The van der Waals surface area contributed by atoms with Crippen LogP contribution in [0.5, 0.6) is 5.75 Å². The summed E-state index contributed by atoms with van der Waals surface area (Å²) < 4.78 is 25.4. The van der Waals surface area contributed by atoms with Crippen LogP contribution in [0.25, 0.3) is 0 Å². The zero-order valence-corrected chi connectivity index (χ0v) is 17.0. The summed E-state index contributed by atoms with van der Waals surface area (Å²) in [7, 11) is 0. The third-order valence-corrected chi connectivity index (χ3v) is 5.67. The van der Waals surface area contributed by atoms with Crippen LogP contribution in [0.1, 0.15) is 34.0 Å². The second kappa shape index (κ2) is 8.51. The van der Waals surface area contributed by atoms with Gasteiger partial charge in [0.15, 0.2) is 0 Å². The largest absolute Gasteiger partial charge is 0.491 e. The number of ether oxygens (including phenoxy) is 2. The summed E-state index contributed by atoms with van der Waals surface area (Å²) in [5.74, 6) is 0.280. The van der Waals surface area contributed by atoms with E-state index in [4.69, 9.17) is 9.47 Å². The van der Waals surface area contributed by atoms with E-state index in [2.05, 4.69) is 17.0 Å². The van der Waals surface area contributed by atoms with E-state index in [1.54, 1.807) is 24.0 Å². The second-order valence-corrected chi connectivity index (χ2v) is 7.89. The van der Waals surface area contributed by atoms with Crippen molar-refractivity contribution < 1.29 is 18.7 Å². The number of rotatable bonds is 3. The highest BCUT2D eigenvalue weighted by molar-refractivity contribution is 5.94. The summed E-state index contributed by atoms with van der Waals surface area (Å²) in [4.78, 5) is 17.3. The maximum absolute atomic E-state index is 14.0. The molecule has 0 radical (unpaired) electrons. The Hall–Kier alpha value is -2.44. The van der Waals surface area contributed by atoms with Gasteiger partial charge in [0.1, 0.15) is 18.2 Å². The summed E-state index contributed by atoms with van der Waals surface area (Å²) in [5, 5.41) is 0. The van der Waals surface area contributed by atoms with Gasteiger partial charge in [0, 0.05) is 30.8 Å². The molecule has 6 heteroatoms. The molecule has 1 atom stereocenters. The Bertz CT molecular complexity index is 896. The van der Waals surface area contributed by atoms with E-state index in [0.29, 0.717) is 24.3 Å². The zero-order valence-electron chi connectivity index (χ0n) is 17.0. The van der Waals surface area contributed by atoms with E-state index >= 15 is 0 Å². The van der Waals surface area contributed by atoms with Gasteiger partial charge in [-0.05, 0) is 49.2 Å². The summed E-state index contributed by atoms with van der Waals surface area (Å²) in [6.07, 6.45) is 0. The Morgan fingerprint density at radius 3 is 2.72 bits per heavy atom. The number of hydrogen-bond acceptors (Lipinski definition) is 4. The minimum atomic E-state index is -0.359. The lowest BCUT2D eigenvalue weighted by Gasteiger charge is -2.27. The number of benzene rings is 2. The highest BCUT2D eigenvalue weighted by Crippen LogP contribution is 2.28. The van der Waals surface area contributed by atoms with Gasteiger partial charge in [0.2, 0.25) is 0 Å². The van der Waals surface area contributed by atoms with Gasteiger partial charge >= 0.3 is 0 Å². The number of fused-ring (bicyclic) bond motifs is 1. The molecule has 2 heterocycles. The predicted molar refractivity (Wildman–Crippen MR) is 109 cm³/mol. The van der Waals surface area contributed by atoms with Crippen LogP contribution in [-0.2, 0) is 17.8 Å². The molecule has 0 aliphatic carbocycles. The first-order valence-corrected chi connectivity index (χ1v) is 10.1. The number of morpholine rings is 1. The van der Waals surface area contributed by atoms with Crippen LogP contribution >= 0.6 is 0 Å². The molecule has 0 N–H and O–H groups in total. The van der Waals surface area contributed by atoms with Gasteiger partial charge in [-0.25, -0.2) is 4.39 Å². The molecule has 0 bridgehead atoms. The zero-order chi connectivity index (χ0) is 20.4. The van der Waals surface area contributed by atoms with E-state index in [1.807, 2.05) is 13.0 Å². The molecule has 1 amide bonds. The first-order valence-electron chi connectivity index (χ1n) is 10.1. The standard InChI is InChI=1S/C23H27FN2O3/c1-16-3-5-19(12-21(16)24)23(27)26-14-20-11-18(13-25-7-9-28-10-8-25)4-6-22(20)29-15-17(26)2/h3-6,11-12,17H,7-10,13-15H2,1-2H3/t17-/m0/s1. The highest BCUT2D eigenvalue weighted by Gasteiger charge is 2.27. The Labute approximate surface area is 171 Å².